The molecule has 2 fully saturated rings. The Kier molecular flexibility index (Phi) is 3.50. The molecule has 17 heavy (non-hydrogen) atoms. The zero-order chi connectivity index (χ0) is 11.7. The summed E-state index contributed by atoms with van der Waals surface area (Å²) in [5.41, 5.74) is 0. The van der Waals surface area contributed by atoms with Gasteiger partial charge in [0, 0.05) is 34.9 Å². The van der Waals surface area contributed by atoms with Crippen LogP contribution in [0.25, 0.3) is 0 Å². The molecule has 1 aliphatic carbocycles. The first kappa shape index (κ1) is 11.7. The molecule has 0 unspecified atom stereocenters. The molecule has 0 radical (unpaired) electrons. The third-order valence-corrected chi connectivity index (χ3v) is 4.88. The molecule has 1 saturated heterocycles. The number of piperidine rings is 1. The summed E-state index contributed by atoms with van der Waals surface area (Å²) in [5.74, 6) is 0. The lowest BCUT2D eigenvalue weighted by atomic mass is 10.1. The third-order valence-electron chi connectivity index (χ3n) is 3.89. The van der Waals surface area contributed by atoms with Crippen molar-refractivity contribution in [2.24, 2.45) is 0 Å². The van der Waals surface area contributed by atoms with E-state index in [0.717, 1.165) is 12.1 Å². The summed E-state index contributed by atoms with van der Waals surface area (Å²) in [4.78, 5) is 5.75. The van der Waals surface area contributed by atoms with Crippen LogP contribution in [-0.2, 0) is 6.54 Å². The fourth-order valence-corrected chi connectivity index (χ4v) is 3.73. The fraction of sp³-hybridized carbons (Fsp3) is 0.714. The van der Waals surface area contributed by atoms with Crippen LogP contribution in [0.1, 0.15) is 35.4 Å². The molecular weight excluding hydrogens is 228 g/mol. The first-order chi connectivity index (χ1) is 8.33. The number of nitrogens with zero attached hydrogens (tertiary/aromatic N) is 1. The van der Waals surface area contributed by atoms with Crippen LogP contribution in [0.15, 0.2) is 12.1 Å². The average molecular weight is 250 g/mol. The number of nitrogens with one attached hydrogen (secondary N) is 1. The van der Waals surface area contributed by atoms with Gasteiger partial charge in [-0.3, -0.25) is 4.90 Å². The molecule has 0 spiro atoms. The Morgan fingerprint density at radius 1 is 1.29 bits per heavy atom. The van der Waals surface area contributed by atoms with Crippen LogP contribution in [0.2, 0.25) is 0 Å². The lowest BCUT2D eigenvalue weighted by Gasteiger charge is -2.34. The number of thiophene rings is 1. The maximum atomic E-state index is 3.55. The molecule has 1 aromatic heterocycles. The molecule has 94 valence electrons. The minimum atomic E-state index is 0.777. The predicted octanol–water partition coefficient (Wildman–Crippen LogP) is 2.77. The Bertz CT molecular complexity index is 364. The van der Waals surface area contributed by atoms with Crippen molar-refractivity contribution < 1.29 is 0 Å². The van der Waals surface area contributed by atoms with Crippen molar-refractivity contribution in [3.8, 4) is 0 Å². The molecule has 1 N–H and O–H groups in total. The maximum absolute atomic E-state index is 3.55. The molecule has 0 amide bonds. The topological polar surface area (TPSA) is 15.3 Å². The third kappa shape index (κ3) is 2.90. The van der Waals surface area contributed by atoms with E-state index in [1.807, 2.05) is 11.3 Å². The molecule has 1 aliphatic heterocycles. The Balaban J connectivity index is 1.67. The van der Waals surface area contributed by atoms with Gasteiger partial charge in [0.15, 0.2) is 0 Å². The number of aryl methyl sites for hydroxylation is 1. The van der Waals surface area contributed by atoms with Crippen molar-refractivity contribution in [1.29, 1.82) is 0 Å². The Hall–Kier alpha value is -0.380. The zero-order valence-electron chi connectivity index (χ0n) is 10.6. The van der Waals surface area contributed by atoms with Gasteiger partial charge in [0.25, 0.3) is 0 Å². The summed E-state index contributed by atoms with van der Waals surface area (Å²) in [6.07, 6.45) is 5.56. The van der Waals surface area contributed by atoms with Crippen molar-refractivity contribution in [2.75, 3.05) is 13.1 Å². The van der Waals surface area contributed by atoms with Crippen LogP contribution in [0.5, 0.6) is 0 Å². The highest BCUT2D eigenvalue weighted by Crippen LogP contribution is 2.32. The first-order valence-electron chi connectivity index (χ1n) is 6.85. The van der Waals surface area contributed by atoms with E-state index in [1.54, 1.807) is 4.88 Å². The van der Waals surface area contributed by atoms with Gasteiger partial charge in [-0.05, 0) is 51.3 Å². The highest BCUT2D eigenvalue weighted by molar-refractivity contribution is 7.11. The second kappa shape index (κ2) is 5.09. The molecule has 3 heteroatoms. The van der Waals surface area contributed by atoms with Gasteiger partial charge in [-0.15, -0.1) is 11.3 Å². The van der Waals surface area contributed by atoms with Gasteiger partial charge in [-0.2, -0.15) is 0 Å². The largest absolute Gasteiger partial charge is 0.315 e. The van der Waals surface area contributed by atoms with Gasteiger partial charge >= 0.3 is 0 Å². The number of hydrogen-bond acceptors (Lipinski definition) is 3. The van der Waals surface area contributed by atoms with Crippen molar-refractivity contribution in [1.82, 2.24) is 10.2 Å². The summed E-state index contributed by atoms with van der Waals surface area (Å²) in [6, 6.07) is 6.22. The summed E-state index contributed by atoms with van der Waals surface area (Å²) in [7, 11) is 0. The molecule has 0 aromatic carbocycles. The van der Waals surface area contributed by atoms with Crippen LogP contribution in [0.3, 0.4) is 0 Å². The van der Waals surface area contributed by atoms with Crippen LogP contribution in [0.4, 0.5) is 0 Å². The summed E-state index contributed by atoms with van der Waals surface area (Å²) in [6.45, 7) is 5.79. The van der Waals surface area contributed by atoms with Crippen molar-refractivity contribution in [3.05, 3.63) is 21.9 Å². The first-order valence-corrected chi connectivity index (χ1v) is 7.66. The minimum absolute atomic E-state index is 0.777. The molecule has 2 nitrogen and oxygen atoms in total. The van der Waals surface area contributed by atoms with Crippen molar-refractivity contribution in [3.63, 3.8) is 0 Å². The Labute approximate surface area is 108 Å². The quantitative estimate of drug-likeness (QED) is 0.884. The molecule has 3 rings (SSSR count). The van der Waals surface area contributed by atoms with E-state index in [2.05, 4.69) is 29.3 Å². The molecule has 1 atom stereocenters. The van der Waals surface area contributed by atoms with E-state index in [1.165, 1.54) is 50.2 Å². The highest BCUT2D eigenvalue weighted by atomic mass is 32.1. The zero-order valence-corrected chi connectivity index (χ0v) is 11.4. The van der Waals surface area contributed by atoms with Gasteiger partial charge in [-0.25, -0.2) is 0 Å². The maximum Gasteiger partial charge on any atom is 0.0334 e. The normalized spacial score (nSPS) is 25.4. The van der Waals surface area contributed by atoms with Crippen LogP contribution in [-0.4, -0.2) is 30.1 Å². The number of rotatable bonds is 4. The standard InChI is InChI=1S/C14H22N2S/c1-11-4-7-14(17-11)10-16(12-5-6-12)13-3-2-8-15-9-13/h4,7,12-13,15H,2-3,5-6,8-10H2,1H3/t13-/m0/s1. The van der Waals surface area contributed by atoms with Gasteiger partial charge in [-0.1, -0.05) is 0 Å². The lowest BCUT2D eigenvalue weighted by molar-refractivity contribution is 0.150. The van der Waals surface area contributed by atoms with E-state index in [4.69, 9.17) is 0 Å². The molecule has 1 saturated carbocycles. The smallest absolute Gasteiger partial charge is 0.0334 e. The average Bonchev–Trinajstić information content (AvgIpc) is 3.11. The second-order valence-corrected chi connectivity index (χ2v) is 6.79. The van der Waals surface area contributed by atoms with Crippen LogP contribution >= 0.6 is 11.3 Å². The Morgan fingerprint density at radius 2 is 2.18 bits per heavy atom. The van der Waals surface area contributed by atoms with Crippen molar-refractivity contribution in [2.45, 2.75) is 51.2 Å². The van der Waals surface area contributed by atoms with E-state index in [-0.39, 0.29) is 0 Å². The minimum Gasteiger partial charge on any atom is -0.315 e. The van der Waals surface area contributed by atoms with E-state index in [9.17, 15) is 0 Å². The predicted molar refractivity (Wildman–Crippen MR) is 73.5 cm³/mol. The van der Waals surface area contributed by atoms with Gasteiger partial charge in [0.2, 0.25) is 0 Å². The summed E-state index contributed by atoms with van der Waals surface area (Å²) < 4.78 is 0. The molecule has 1 aromatic rings. The number of hydrogen-bond donors (Lipinski definition) is 1. The molecular formula is C14H22N2S. The summed E-state index contributed by atoms with van der Waals surface area (Å²) >= 11 is 1.96. The molecule has 2 heterocycles. The van der Waals surface area contributed by atoms with Crippen LogP contribution < -0.4 is 5.32 Å². The molecule has 2 aliphatic rings. The highest BCUT2D eigenvalue weighted by Gasteiger charge is 2.34. The van der Waals surface area contributed by atoms with Gasteiger partial charge < -0.3 is 5.32 Å². The van der Waals surface area contributed by atoms with Crippen molar-refractivity contribution >= 4 is 11.3 Å². The van der Waals surface area contributed by atoms with E-state index < -0.39 is 0 Å². The molecule has 0 bridgehead atoms. The Morgan fingerprint density at radius 3 is 2.76 bits per heavy atom. The van der Waals surface area contributed by atoms with Crippen LogP contribution in [0, 0.1) is 6.92 Å². The SMILES string of the molecule is Cc1ccc(CN(C2CC2)[C@H]2CCCNC2)s1. The van der Waals surface area contributed by atoms with E-state index >= 15 is 0 Å². The van der Waals surface area contributed by atoms with Gasteiger partial charge in [0.05, 0.1) is 0 Å². The fourth-order valence-electron chi connectivity index (χ4n) is 2.83. The lowest BCUT2D eigenvalue weighted by Crippen LogP contribution is -2.46. The summed E-state index contributed by atoms with van der Waals surface area (Å²) in [5, 5.41) is 3.55. The monoisotopic (exact) mass is 250 g/mol. The second-order valence-electron chi connectivity index (χ2n) is 5.42. The van der Waals surface area contributed by atoms with Gasteiger partial charge in [0.1, 0.15) is 0 Å². The van der Waals surface area contributed by atoms with E-state index in [0.29, 0.717) is 0 Å².